The fraction of sp³-hybridized carbons (Fsp3) is 0.933. The lowest BCUT2D eigenvalue weighted by molar-refractivity contribution is -0.146. The topological polar surface area (TPSA) is 130 Å². The highest BCUT2D eigenvalue weighted by molar-refractivity contribution is 5.69. The van der Waals surface area contributed by atoms with Crippen molar-refractivity contribution >= 4 is 24.2 Å². The summed E-state index contributed by atoms with van der Waals surface area (Å²) in [5, 5.41) is 0. The van der Waals surface area contributed by atoms with Gasteiger partial charge in [0.15, 0.2) is 0 Å². The molecule has 2 atom stereocenters. The molecule has 0 heterocycles. The van der Waals surface area contributed by atoms with Crippen molar-refractivity contribution in [2.24, 2.45) is 11.8 Å². The number of hydrogen-bond donors (Lipinski definition) is 0. The molecule has 0 aliphatic rings. The predicted molar refractivity (Wildman–Crippen MR) is 297 cm³/mol. The summed E-state index contributed by atoms with van der Waals surface area (Å²) in [7, 11) is 0. The van der Waals surface area contributed by atoms with Crippen molar-refractivity contribution < 1.29 is 47.6 Å². The summed E-state index contributed by atoms with van der Waals surface area (Å²) in [6.45, 7) is 23.3. The van der Waals surface area contributed by atoms with E-state index in [0.29, 0.717) is 76.7 Å². The number of nitrogens with zero attached hydrogens (tertiary/aromatic N) is 2. The van der Waals surface area contributed by atoms with Gasteiger partial charge in [-0.25, -0.2) is 9.59 Å². The Bertz CT molecular complexity index is 1130. The van der Waals surface area contributed by atoms with E-state index in [4.69, 9.17) is 28.4 Å². The lowest BCUT2D eigenvalue weighted by Gasteiger charge is -2.27. The van der Waals surface area contributed by atoms with Crippen LogP contribution in [0.2, 0.25) is 0 Å². The third-order valence-corrected chi connectivity index (χ3v) is 14.0. The number of unbranched alkanes of at least 4 members (excludes halogenated alkanes) is 14. The number of hydrogen-bond acceptors (Lipinski definition) is 12. The molecule has 0 bridgehead atoms. The average molecular weight is 1030 g/mol. The molecular formula is C60H116N2O10. The molecule has 0 aliphatic heterocycles. The first-order valence-corrected chi connectivity index (χ1v) is 30.5. The molecule has 0 spiro atoms. The molecule has 12 nitrogen and oxygen atoms in total. The van der Waals surface area contributed by atoms with Crippen LogP contribution < -0.4 is 0 Å². The third kappa shape index (κ3) is 43.8. The number of carbonyl (C=O) groups excluding carboxylic acids is 4. The third-order valence-electron chi connectivity index (χ3n) is 14.0. The van der Waals surface area contributed by atoms with E-state index in [9.17, 15) is 19.2 Å². The molecule has 0 aliphatic carbocycles. The van der Waals surface area contributed by atoms with Gasteiger partial charge in [0.05, 0.1) is 13.2 Å². The monoisotopic (exact) mass is 1020 g/mol. The van der Waals surface area contributed by atoms with Crippen LogP contribution in [0.5, 0.6) is 0 Å². The predicted octanol–water partition coefficient (Wildman–Crippen LogP) is 16.4. The quantitative estimate of drug-likeness (QED) is 0.0327. The molecule has 0 saturated carbocycles. The second kappa shape index (κ2) is 51.9. The summed E-state index contributed by atoms with van der Waals surface area (Å²) in [5.41, 5.74) is 0. The van der Waals surface area contributed by atoms with Gasteiger partial charge in [-0.05, 0) is 115 Å². The summed E-state index contributed by atoms with van der Waals surface area (Å²) >= 11 is 0. The lowest BCUT2D eigenvalue weighted by atomic mass is 9.96. The van der Waals surface area contributed by atoms with Gasteiger partial charge in [0, 0.05) is 39.0 Å². The molecule has 0 aromatic rings. The van der Waals surface area contributed by atoms with Crippen LogP contribution in [0, 0.1) is 11.8 Å². The molecule has 0 aromatic carbocycles. The van der Waals surface area contributed by atoms with Crippen LogP contribution in [0.1, 0.15) is 274 Å². The standard InChI is InChI=1S/C60H116N2O10/c1-9-17-23-29-37-55(39-31-41-57(63)69-51-53(33-25-19-11-3)34-26-20-12-4)71-59(65)67-49-47-62(46-45-61(43-15-7)44-16-8)48-50-68-60(66)72-56(38-30-24-18-10-2)40-32-42-58(64)70-52-54(35-27-21-13-5)36-28-22-14-6/h53-56H,9-52H2,1-8H3. The van der Waals surface area contributed by atoms with Crippen molar-refractivity contribution in [2.45, 2.75) is 286 Å². The Hall–Kier alpha value is -2.60. The van der Waals surface area contributed by atoms with E-state index in [0.717, 1.165) is 129 Å². The highest BCUT2D eigenvalue weighted by atomic mass is 16.7. The second-order valence-electron chi connectivity index (χ2n) is 20.9. The lowest BCUT2D eigenvalue weighted by Crippen LogP contribution is -2.39. The molecule has 0 saturated heterocycles. The molecule has 0 N–H and O–H groups in total. The molecule has 2 unspecified atom stereocenters. The fourth-order valence-corrected chi connectivity index (χ4v) is 9.43. The van der Waals surface area contributed by atoms with Crippen molar-refractivity contribution in [3.8, 4) is 0 Å². The number of esters is 2. The summed E-state index contributed by atoms with van der Waals surface area (Å²) in [5.74, 6) is 0.514. The van der Waals surface area contributed by atoms with Crippen LogP contribution >= 0.6 is 0 Å². The van der Waals surface area contributed by atoms with E-state index in [1.807, 2.05) is 0 Å². The van der Waals surface area contributed by atoms with Crippen LogP contribution in [0.15, 0.2) is 0 Å². The first-order valence-electron chi connectivity index (χ1n) is 30.5. The van der Waals surface area contributed by atoms with E-state index in [-0.39, 0.29) is 37.4 Å². The summed E-state index contributed by atoms with van der Waals surface area (Å²) in [4.78, 5) is 56.6. The molecule has 0 amide bonds. The zero-order valence-electron chi connectivity index (χ0n) is 48.4. The van der Waals surface area contributed by atoms with E-state index in [1.54, 1.807) is 0 Å². The van der Waals surface area contributed by atoms with Crippen LogP contribution in [0.25, 0.3) is 0 Å². The van der Waals surface area contributed by atoms with E-state index in [2.05, 4.69) is 65.2 Å². The van der Waals surface area contributed by atoms with Gasteiger partial charge < -0.3 is 33.3 Å². The Morgan fingerprint density at radius 2 is 0.625 bits per heavy atom. The number of ether oxygens (including phenoxy) is 6. The molecular weight excluding hydrogens is 909 g/mol. The molecule has 426 valence electrons. The van der Waals surface area contributed by atoms with Gasteiger partial charge in [0.25, 0.3) is 0 Å². The number of carbonyl (C=O) groups is 4. The highest BCUT2D eigenvalue weighted by Gasteiger charge is 2.21. The summed E-state index contributed by atoms with van der Waals surface area (Å²) in [6, 6.07) is 0. The first kappa shape index (κ1) is 69.4. The Kier molecular flexibility index (Phi) is 50.0. The maximum Gasteiger partial charge on any atom is 0.508 e. The minimum absolute atomic E-state index is 0.137. The fourth-order valence-electron chi connectivity index (χ4n) is 9.43. The molecule has 0 fully saturated rings. The van der Waals surface area contributed by atoms with Crippen molar-refractivity contribution in [1.29, 1.82) is 0 Å². The van der Waals surface area contributed by atoms with Gasteiger partial charge in [-0.15, -0.1) is 0 Å². The Morgan fingerprint density at radius 1 is 0.319 bits per heavy atom. The van der Waals surface area contributed by atoms with E-state index >= 15 is 0 Å². The van der Waals surface area contributed by atoms with E-state index in [1.165, 1.54) is 77.0 Å². The SMILES string of the molecule is CCCCCCC(CCCC(=O)OCC(CCCCC)CCCCC)OC(=O)OCCN(CCOC(=O)OC(CCCCCC)CCCC(=O)OCC(CCCCC)CCCCC)CCN(CCC)CCC. The normalized spacial score (nSPS) is 12.4. The van der Waals surface area contributed by atoms with Crippen molar-refractivity contribution in [2.75, 3.05) is 65.7 Å². The Labute approximate surface area is 443 Å². The minimum Gasteiger partial charge on any atom is -0.465 e. The average Bonchev–Trinajstić information content (AvgIpc) is 3.36. The zero-order valence-corrected chi connectivity index (χ0v) is 48.4. The summed E-state index contributed by atoms with van der Waals surface area (Å²) in [6.07, 6.45) is 31.8. The highest BCUT2D eigenvalue weighted by Crippen LogP contribution is 2.22. The van der Waals surface area contributed by atoms with Gasteiger partial charge in [-0.3, -0.25) is 14.5 Å². The van der Waals surface area contributed by atoms with Gasteiger partial charge in [-0.1, -0.05) is 171 Å². The maximum atomic E-state index is 13.2. The first-order chi connectivity index (χ1) is 35.1. The van der Waals surface area contributed by atoms with Crippen LogP contribution in [-0.2, 0) is 38.0 Å². The van der Waals surface area contributed by atoms with Crippen molar-refractivity contribution in [3.63, 3.8) is 0 Å². The van der Waals surface area contributed by atoms with Crippen molar-refractivity contribution in [3.05, 3.63) is 0 Å². The Balaban J connectivity index is 5.39. The van der Waals surface area contributed by atoms with Gasteiger partial charge in [0.1, 0.15) is 25.4 Å². The van der Waals surface area contributed by atoms with E-state index < -0.39 is 12.3 Å². The summed E-state index contributed by atoms with van der Waals surface area (Å²) < 4.78 is 34.7. The number of rotatable bonds is 53. The van der Waals surface area contributed by atoms with Crippen molar-refractivity contribution in [1.82, 2.24) is 9.80 Å². The molecule has 0 radical (unpaired) electrons. The molecule has 0 aromatic heterocycles. The van der Waals surface area contributed by atoms with Crippen LogP contribution in [0.3, 0.4) is 0 Å². The van der Waals surface area contributed by atoms with Gasteiger partial charge in [0.2, 0.25) is 0 Å². The molecule has 0 rings (SSSR count). The van der Waals surface area contributed by atoms with Crippen LogP contribution in [0.4, 0.5) is 9.59 Å². The van der Waals surface area contributed by atoms with Crippen LogP contribution in [-0.4, -0.2) is 112 Å². The maximum absolute atomic E-state index is 13.2. The second-order valence-corrected chi connectivity index (χ2v) is 20.9. The zero-order chi connectivity index (χ0) is 53.1. The molecule has 12 heteroatoms. The molecule has 72 heavy (non-hydrogen) atoms. The van der Waals surface area contributed by atoms with Gasteiger partial charge in [-0.2, -0.15) is 0 Å². The smallest absolute Gasteiger partial charge is 0.465 e. The minimum atomic E-state index is -0.689. The van der Waals surface area contributed by atoms with Gasteiger partial charge >= 0.3 is 24.2 Å². The largest absolute Gasteiger partial charge is 0.508 e. The Morgan fingerprint density at radius 3 is 0.958 bits per heavy atom.